The van der Waals surface area contributed by atoms with E-state index in [0.717, 1.165) is 18.7 Å². The predicted octanol–water partition coefficient (Wildman–Crippen LogP) is 2.20. The molecule has 0 spiro atoms. The molecule has 1 aromatic carbocycles. The molecule has 0 aliphatic heterocycles. The van der Waals surface area contributed by atoms with E-state index in [9.17, 15) is 0 Å². The van der Waals surface area contributed by atoms with Crippen LogP contribution >= 0.6 is 0 Å². The Morgan fingerprint density at radius 2 is 1.95 bits per heavy atom. The molecule has 0 unspecified atom stereocenters. The second-order valence-corrected chi connectivity index (χ2v) is 4.79. The van der Waals surface area contributed by atoms with Crippen molar-refractivity contribution in [1.82, 2.24) is 9.88 Å². The van der Waals surface area contributed by atoms with Gasteiger partial charge in [0, 0.05) is 19.3 Å². The van der Waals surface area contributed by atoms with Crippen LogP contribution in [0.2, 0.25) is 0 Å². The summed E-state index contributed by atoms with van der Waals surface area (Å²) in [6.07, 6.45) is 1.64. The van der Waals surface area contributed by atoms with Crippen molar-refractivity contribution < 1.29 is 5.21 Å². The molecule has 5 heteroatoms. The molecule has 21 heavy (non-hydrogen) atoms. The lowest BCUT2D eigenvalue weighted by molar-refractivity contribution is 0.270. The van der Waals surface area contributed by atoms with Crippen molar-refractivity contribution in [3.05, 3.63) is 65.5 Å². The Balaban J connectivity index is 2.16. The van der Waals surface area contributed by atoms with Crippen LogP contribution in [0.15, 0.2) is 53.8 Å². The molecular formula is C16H20N4O. The lowest BCUT2D eigenvalue weighted by Crippen LogP contribution is -2.25. The van der Waals surface area contributed by atoms with E-state index in [-0.39, 0.29) is 5.84 Å². The molecule has 0 aliphatic rings. The van der Waals surface area contributed by atoms with Crippen LogP contribution in [0.4, 0.5) is 0 Å². The van der Waals surface area contributed by atoms with Gasteiger partial charge in [0.15, 0.2) is 5.84 Å². The van der Waals surface area contributed by atoms with Gasteiger partial charge < -0.3 is 10.9 Å². The minimum absolute atomic E-state index is 0.0429. The summed E-state index contributed by atoms with van der Waals surface area (Å²) in [7, 11) is 0. The van der Waals surface area contributed by atoms with Gasteiger partial charge in [0.1, 0.15) is 5.69 Å². The summed E-state index contributed by atoms with van der Waals surface area (Å²) in [5.74, 6) is 0.0429. The Bertz CT molecular complexity index is 598. The minimum Gasteiger partial charge on any atom is -0.409 e. The van der Waals surface area contributed by atoms with Gasteiger partial charge in [0.2, 0.25) is 0 Å². The number of rotatable bonds is 6. The monoisotopic (exact) mass is 284 g/mol. The summed E-state index contributed by atoms with van der Waals surface area (Å²) in [6.45, 7) is 4.56. The lowest BCUT2D eigenvalue weighted by atomic mass is 10.1. The normalized spacial score (nSPS) is 11.8. The van der Waals surface area contributed by atoms with Gasteiger partial charge in [-0.1, -0.05) is 48.5 Å². The van der Waals surface area contributed by atoms with Crippen LogP contribution in [0.3, 0.4) is 0 Å². The number of hydrogen-bond donors (Lipinski definition) is 2. The van der Waals surface area contributed by atoms with E-state index < -0.39 is 0 Å². The molecule has 0 atom stereocenters. The molecule has 110 valence electrons. The first-order valence-corrected chi connectivity index (χ1v) is 6.92. The van der Waals surface area contributed by atoms with Crippen molar-refractivity contribution in [2.75, 3.05) is 6.54 Å². The van der Waals surface area contributed by atoms with E-state index in [1.807, 2.05) is 30.3 Å². The molecule has 5 nitrogen and oxygen atoms in total. The molecular weight excluding hydrogens is 264 g/mol. The fraction of sp³-hybridized carbons (Fsp3) is 0.250. The SMILES string of the molecule is CCN(Cc1ccccc1)Cc1cccnc1C(N)=NO. The average Bonchev–Trinajstić information content (AvgIpc) is 2.55. The zero-order chi connectivity index (χ0) is 15.1. The van der Waals surface area contributed by atoms with E-state index in [1.54, 1.807) is 6.20 Å². The number of nitrogens with two attached hydrogens (primary N) is 1. The number of hydrogen-bond acceptors (Lipinski definition) is 4. The number of amidine groups is 1. The van der Waals surface area contributed by atoms with Crippen molar-refractivity contribution in [1.29, 1.82) is 0 Å². The van der Waals surface area contributed by atoms with Crippen molar-refractivity contribution >= 4 is 5.84 Å². The van der Waals surface area contributed by atoms with Crippen molar-refractivity contribution in [3.63, 3.8) is 0 Å². The first-order chi connectivity index (χ1) is 10.2. The molecule has 0 radical (unpaired) electrons. The van der Waals surface area contributed by atoms with E-state index in [2.05, 4.69) is 34.1 Å². The molecule has 2 rings (SSSR count). The molecule has 1 heterocycles. The zero-order valence-corrected chi connectivity index (χ0v) is 12.1. The molecule has 0 saturated heterocycles. The number of aromatic nitrogens is 1. The van der Waals surface area contributed by atoms with Gasteiger partial charge in [-0.25, -0.2) is 0 Å². The highest BCUT2D eigenvalue weighted by Crippen LogP contribution is 2.12. The Kier molecular flexibility index (Phi) is 5.29. The number of pyridine rings is 1. The van der Waals surface area contributed by atoms with E-state index in [0.29, 0.717) is 12.2 Å². The van der Waals surface area contributed by atoms with Gasteiger partial charge in [-0.2, -0.15) is 0 Å². The van der Waals surface area contributed by atoms with Crippen molar-refractivity contribution in [2.45, 2.75) is 20.0 Å². The van der Waals surface area contributed by atoms with Crippen LogP contribution < -0.4 is 5.73 Å². The van der Waals surface area contributed by atoms with Gasteiger partial charge in [-0.3, -0.25) is 9.88 Å². The fourth-order valence-corrected chi connectivity index (χ4v) is 2.21. The smallest absolute Gasteiger partial charge is 0.189 e. The van der Waals surface area contributed by atoms with Gasteiger partial charge in [0.05, 0.1) is 0 Å². The molecule has 1 aromatic heterocycles. The topological polar surface area (TPSA) is 74.7 Å². The van der Waals surface area contributed by atoms with E-state index in [4.69, 9.17) is 10.9 Å². The third-order valence-electron chi connectivity index (χ3n) is 3.33. The zero-order valence-electron chi connectivity index (χ0n) is 12.1. The summed E-state index contributed by atoms with van der Waals surface area (Å²) < 4.78 is 0. The second kappa shape index (κ2) is 7.40. The van der Waals surface area contributed by atoms with Crippen LogP contribution in [0.5, 0.6) is 0 Å². The molecule has 2 aromatic rings. The Morgan fingerprint density at radius 1 is 1.19 bits per heavy atom. The van der Waals surface area contributed by atoms with Crippen LogP contribution in [-0.4, -0.2) is 27.5 Å². The number of oxime groups is 1. The number of benzene rings is 1. The predicted molar refractivity (Wildman–Crippen MR) is 83.0 cm³/mol. The van der Waals surface area contributed by atoms with Crippen LogP contribution in [0, 0.1) is 0 Å². The summed E-state index contributed by atoms with van der Waals surface area (Å²) in [5, 5.41) is 11.9. The van der Waals surface area contributed by atoms with Crippen molar-refractivity contribution in [2.24, 2.45) is 10.9 Å². The summed E-state index contributed by atoms with van der Waals surface area (Å²) in [5.41, 5.74) is 8.43. The maximum absolute atomic E-state index is 8.85. The van der Waals surface area contributed by atoms with Crippen LogP contribution in [-0.2, 0) is 13.1 Å². The maximum atomic E-state index is 8.85. The van der Waals surface area contributed by atoms with Crippen molar-refractivity contribution in [3.8, 4) is 0 Å². The summed E-state index contributed by atoms with van der Waals surface area (Å²) in [6, 6.07) is 14.1. The fourth-order valence-electron chi connectivity index (χ4n) is 2.21. The highest BCUT2D eigenvalue weighted by atomic mass is 16.4. The van der Waals surface area contributed by atoms with Gasteiger partial charge in [-0.05, 0) is 23.7 Å². The quantitative estimate of drug-likeness (QED) is 0.369. The van der Waals surface area contributed by atoms with Gasteiger partial charge >= 0.3 is 0 Å². The first kappa shape index (κ1) is 15.0. The van der Waals surface area contributed by atoms with Gasteiger partial charge in [0.25, 0.3) is 0 Å². The lowest BCUT2D eigenvalue weighted by Gasteiger charge is -2.21. The number of nitrogens with zero attached hydrogens (tertiary/aromatic N) is 3. The Morgan fingerprint density at radius 3 is 2.62 bits per heavy atom. The minimum atomic E-state index is 0.0429. The Hall–Kier alpha value is -2.40. The molecule has 0 saturated carbocycles. The van der Waals surface area contributed by atoms with E-state index >= 15 is 0 Å². The molecule has 3 N–H and O–H groups in total. The Labute approximate surface area is 124 Å². The highest BCUT2D eigenvalue weighted by molar-refractivity contribution is 5.96. The van der Waals surface area contributed by atoms with E-state index in [1.165, 1.54) is 5.56 Å². The molecule has 0 amide bonds. The van der Waals surface area contributed by atoms with Crippen LogP contribution in [0.1, 0.15) is 23.7 Å². The molecule has 0 bridgehead atoms. The third-order valence-corrected chi connectivity index (χ3v) is 3.33. The standard InChI is InChI=1S/C16H20N4O/c1-2-20(11-13-7-4-3-5-8-13)12-14-9-6-10-18-15(14)16(17)19-21/h3-10,21H,2,11-12H2,1H3,(H2,17,19). The second-order valence-electron chi connectivity index (χ2n) is 4.79. The highest BCUT2D eigenvalue weighted by Gasteiger charge is 2.12. The summed E-state index contributed by atoms with van der Waals surface area (Å²) >= 11 is 0. The third kappa shape index (κ3) is 4.03. The maximum Gasteiger partial charge on any atom is 0.189 e. The molecule has 0 fully saturated rings. The summed E-state index contributed by atoms with van der Waals surface area (Å²) in [4.78, 5) is 6.48. The van der Waals surface area contributed by atoms with Crippen LogP contribution in [0.25, 0.3) is 0 Å². The average molecular weight is 284 g/mol. The molecule has 0 aliphatic carbocycles. The largest absolute Gasteiger partial charge is 0.409 e. The first-order valence-electron chi connectivity index (χ1n) is 6.92. The van der Waals surface area contributed by atoms with Gasteiger partial charge in [-0.15, -0.1) is 0 Å².